The van der Waals surface area contributed by atoms with Gasteiger partial charge < -0.3 is 204 Å². The van der Waals surface area contributed by atoms with E-state index in [-0.39, 0.29) is 0 Å². The first-order valence-electron chi connectivity index (χ1n) is 29.2. The van der Waals surface area contributed by atoms with Crippen LogP contribution in [-0.2, 0) is 75.8 Å². The average molecular weight is 1360 g/mol. The van der Waals surface area contributed by atoms with Crippen LogP contribution < -0.4 is 5.32 Å². The van der Waals surface area contributed by atoms with E-state index in [0.717, 1.165) is 6.92 Å². The molecule has 92 heavy (non-hydrogen) atoms. The Morgan fingerprint density at radius 3 is 0.967 bits per heavy atom. The van der Waals surface area contributed by atoms with Crippen LogP contribution in [0.1, 0.15) is 6.92 Å². The van der Waals surface area contributed by atoms with Crippen LogP contribution in [0.2, 0.25) is 0 Å². The van der Waals surface area contributed by atoms with Crippen molar-refractivity contribution in [2.75, 3.05) is 52.9 Å². The SMILES string of the molecule is CC(=O)N[C@H]1C(O)O[C@H](CO)[C@@H](O[C@@H]2O[C@H](CO[C@H]3O[C@H](CO[C@H]4O[C@H](CO)[C@@H](O)[C@H](O)[C@@H]4O)[C@@H](O)[C@H](O[C@H]4O[C@H](CO)[C@@H](O)[C@H](O)[C@@H]4O)[C@@H]3O)[C@@H](O)[C@H](O[C@H]3O[C@H](CO)[C@@H](O)[C@H](O)[C@@H]3O[C@H]3O[C@H](CO)[C@@H](O)[C@H](O)[C@@H]3O[C@H]3O[C@H](CO)[C@@H](O)[C@H](O)[C@@H]3O)[C@@H]2O)[C@@H]1O. The summed E-state index contributed by atoms with van der Waals surface area (Å²) in [6, 6.07) is -1.73. The molecule has 0 aliphatic carbocycles. The third kappa shape index (κ3) is 16.0. The summed E-state index contributed by atoms with van der Waals surface area (Å²) >= 11 is 0. The highest BCUT2D eigenvalue weighted by Crippen LogP contribution is 2.38. The van der Waals surface area contributed by atoms with Gasteiger partial charge in [0.2, 0.25) is 5.91 Å². The van der Waals surface area contributed by atoms with Crippen LogP contribution in [-0.4, -0.2) is 432 Å². The molecule has 0 bridgehead atoms. The monoisotopic (exact) mass is 1360 g/mol. The van der Waals surface area contributed by atoms with Crippen molar-refractivity contribution in [3.8, 4) is 0 Å². The number of hydrogen-bond acceptors (Lipinski definition) is 41. The van der Waals surface area contributed by atoms with Crippen molar-refractivity contribution in [1.29, 1.82) is 0 Å². The third-order valence-corrected chi connectivity index (χ3v) is 17.0. The number of carbonyl (C=O) groups excluding carboxylic acids is 1. The lowest BCUT2D eigenvalue weighted by molar-refractivity contribution is -0.407. The molecule has 42 nitrogen and oxygen atoms in total. The lowest BCUT2D eigenvalue weighted by atomic mass is 9.94. The zero-order valence-corrected chi connectivity index (χ0v) is 48.5. The van der Waals surface area contributed by atoms with Gasteiger partial charge in [-0.25, -0.2) is 0 Å². The predicted octanol–water partition coefficient (Wildman–Crippen LogP) is -18.3. The summed E-state index contributed by atoms with van der Waals surface area (Å²) in [7, 11) is 0. The smallest absolute Gasteiger partial charge is 0.217 e. The standard InChI is InChI=1S/C50H85NO41/c1-10(58)51-19-27(66)38(16(7-57)80-43(19)77)88-48-37(76)40(90-49-42(32(71)24(63)14(5-55)84-49)92-50-41(31(70)23(62)15(6-56)85-50)91-47-35(74)30(69)22(61)13(4-54)83-47)26(65)18(87-48)9-79-45-36(75)39(89-46-34(73)29(68)21(60)12(3-53)82-46)25(64)17(86-45)8-78-44-33(72)28(67)20(59)11(2-52)81-44/h11-50,52-57,59-77H,2-9H2,1H3,(H,51,58)/t11-,12-,13-,14-,15-,16-,17-,18-,19-,20-,21-,22-,23-,24-,25-,26-,27-,28+,29+,30+,31+,32+,33+,34+,35+,36+,37+,38-,39+,40+,41+,42+,43?,44+,45+,46-,47-,48+,49-,50-/m1/s1. The zero-order chi connectivity index (χ0) is 67.6. The summed E-state index contributed by atoms with van der Waals surface area (Å²) < 4.78 is 86.1. The molecule has 0 spiro atoms. The summed E-state index contributed by atoms with van der Waals surface area (Å²) in [5.74, 6) is -0.829. The van der Waals surface area contributed by atoms with Crippen molar-refractivity contribution in [3.63, 3.8) is 0 Å². The van der Waals surface area contributed by atoms with Crippen LogP contribution in [0.4, 0.5) is 0 Å². The first-order valence-corrected chi connectivity index (χ1v) is 29.2. The molecule has 8 aliphatic rings. The summed E-state index contributed by atoms with van der Waals surface area (Å²) in [4.78, 5) is 12.2. The molecular weight excluding hydrogens is 1270 g/mol. The summed E-state index contributed by atoms with van der Waals surface area (Å²) in [6.07, 6.45) is -80.8. The number of ether oxygens (including phenoxy) is 15. The molecule has 0 saturated carbocycles. The molecule has 40 atom stereocenters. The minimum absolute atomic E-state index is 0.829. The number of rotatable bonds is 23. The highest BCUT2D eigenvalue weighted by molar-refractivity contribution is 5.73. The van der Waals surface area contributed by atoms with E-state index in [4.69, 9.17) is 71.1 Å². The Labute approximate surface area is 519 Å². The Morgan fingerprint density at radius 1 is 0.283 bits per heavy atom. The fraction of sp³-hybridized carbons (Fsp3) is 0.980. The number of carbonyl (C=O) groups is 1. The Balaban J connectivity index is 1.11. The van der Waals surface area contributed by atoms with Crippen LogP contribution >= 0.6 is 0 Å². The Kier molecular flexibility index (Phi) is 26.9. The van der Waals surface area contributed by atoms with Crippen molar-refractivity contribution in [2.24, 2.45) is 0 Å². The Bertz CT molecular complexity index is 2260. The zero-order valence-electron chi connectivity index (χ0n) is 48.5. The minimum Gasteiger partial charge on any atom is -0.394 e. The molecule has 42 heteroatoms. The number of nitrogens with one attached hydrogen (secondary N) is 1. The Morgan fingerprint density at radius 2 is 0.565 bits per heavy atom. The van der Waals surface area contributed by atoms with Crippen molar-refractivity contribution in [1.82, 2.24) is 5.32 Å². The van der Waals surface area contributed by atoms with Crippen LogP contribution in [0.15, 0.2) is 0 Å². The second-order valence-electron chi connectivity index (χ2n) is 23.2. The molecule has 1 unspecified atom stereocenters. The molecular formula is C50H85NO41. The number of aliphatic hydroxyl groups excluding tert-OH is 25. The van der Waals surface area contributed by atoms with Gasteiger partial charge >= 0.3 is 0 Å². The van der Waals surface area contributed by atoms with E-state index in [0.29, 0.717) is 0 Å². The van der Waals surface area contributed by atoms with Crippen molar-refractivity contribution in [3.05, 3.63) is 0 Å². The van der Waals surface area contributed by atoms with E-state index in [1.807, 2.05) is 0 Å². The molecule has 8 fully saturated rings. The maximum atomic E-state index is 12.3. The van der Waals surface area contributed by atoms with Gasteiger partial charge in [-0.3, -0.25) is 4.79 Å². The van der Waals surface area contributed by atoms with Crippen molar-refractivity contribution in [2.45, 2.75) is 253 Å². The second kappa shape index (κ2) is 32.7. The number of amides is 1. The summed E-state index contributed by atoms with van der Waals surface area (Å²) in [5, 5.41) is 273. The van der Waals surface area contributed by atoms with Gasteiger partial charge in [-0.05, 0) is 0 Å². The number of aliphatic hydroxyl groups is 25. The fourth-order valence-electron chi connectivity index (χ4n) is 11.6. The molecule has 0 aromatic heterocycles. The van der Waals surface area contributed by atoms with Crippen LogP contribution in [0.25, 0.3) is 0 Å². The third-order valence-electron chi connectivity index (χ3n) is 17.0. The van der Waals surface area contributed by atoms with E-state index in [1.54, 1.807) is 0 Å². The lowest BCUT2D eigenvalue weighted by Gasteiger charge is -2.50. The Hall–Kier alpha value is -2.13. The van der Waals surface area contributed by atoms with Gasteiger partial charge in [-0.15, -0.1) is 0 Å². The highest BCUT2D eigenvalue weighted by atomic mass is 16.8. The first kappa shape index (κ1) is 75.6. The molecule has 0 aromatic rings. The van der Waals surface area contributed by atoms with Gasteiger partial charge in [-0.2, -0.15) is 0 Å². The normalized spacial score (nSPS) is 52.2. The fourth-order valence-corrected chi connectivity index (χ4v) is 11.6. The quantitative estimate of drug-likeness (QED) is 0.0452. The van der Waals surface area contributed by atoms with E-state index >= 15 is 0 Å². The van der Waals surface area contributed by atoms with Gasteiger partial charge in [-0.1, -0.05) is 0 Å². The largest absolute Gasteiger partial charge is 0.394 e. The van der Waals surface area contributed by atoms with Gasteiger partial charge in [0, 0.05) is 6.92 Å². The molecule has 8 saturated heterocycles. The van der Waals surface area contributed by atoms with Crippen molar-refractivity contribution < 1.29 is 204 Å². The lowest BCUT2D eigenvalue weighted by Crippen LogP contribution is -2.69. The molecule has 0 radical (unpaired) electrons. The molecule has 1 amide bonds. The molecule has 8 rings (SSSR count). The summed E-state index contributed by atoms with van der Waals surface area (Å²) in [6.45, 7) is -7.26. The van der Waals surface area contributed by atoms with Crippen LogP contribution in [0.5, 0.6) is 0 Å². The van der Waals surface area contributed by atoms with Gasteiger partial charge in [0.05, 0.1) is 52.9 Å². The second-order valence-corrected chi connectivity index (χ2v) is 23.2. The molecule has 26 N–H and O–H groups in total. The predicted molar refractivity (Wildman–Crippen MR) is 276 cm³/mol. The van der Waals surface area contributed by atoms with Crippen LogP contribution in [0.3, 0.4) is 0 Å². The average Bonchev–Trinajstić information content (AvgIpc) is 0.798. The van der Waals surface area contributed by atoms with Gasteiger partial charge in [0.1, 0.15) is 195 Å². The van der Waals surface area contributed by atoms with E-state index in [9.17, 15) is 132 Å². The molecule has 536 valence electrons. The number of hydrogen-bond donors (Lipinski definition) is 26. The maximum Gasteiger partial charge on any atom is 0.217 e. The molecule has 0 aromatic carbocycles. The van der Waals surface area contributed by atoms with Crippen molar-refractivity contribution >= 4 is 5.91 Å². The maximum absolute atomic E-state index is 12.3. The first-order chi connectivity index (χ1) is 43.5. The minimum atomic E-state index is -2.46. The van der Waals surface area contributed by atoms with E-state index in [1.165, 1.54) is 0 Å². The van der Waals surface area contributed by atoms with Crippen LogP contribution in [0, 0.1) is 0 Å². The van der Waals surface area contributed by atoms with E-state index < -0.39 is 304 Å². The highest BCUT2D eigenvalue weighted by Gasteiger charge is 2.59. The van der Waals surface area contributed by atoms with E-state index in [2.05, 4.69) is 5.32 Å². The van der Waals surface area contributed by atoms with Gasteiger partial charge in [0.25, 0.3) is 0 Å². The topological polar surface area (TPSA) is 673 Å². The molecule has 8 heterocycles. The van der Waals surface area contributed by atoms with Gasteiger partial charge in [0.15, 0.2) is 50.3 Å². The molecule has 8 aliphatic heterocycles. The summed E-state index contributed by atoms with van der Waals surface area (Å²) in [5.41, 5.74) is 0.